The maximum absolute atomic E-state index is 12.1. The predicted octanol–water partition coefficient (Wildman–Crippen LogP) is 3.95. The lowest BCUT2D eigenvalue weighted by Gasteiger charge is -2.42. The number of carboxylic acid groups (broad SMARTS) is 2. The van der Waals surface area contributed by atoms with Crippen LogP contribution in [-0.2, 0) is 20.6 Å². The maximum atomic E-state index is 12.1. The van der Waals surface area contributed by atoms with Gasteiger partial charge in [-0.15, -0.1) is 0 Å². The summed E-state index contributed by atoms with van der Waals surface area (Å²) in [6, 6.07) is 27.3. The molecule has 3 aromatic carbocycles. The summed E-state index contributed by atoms with van der Waals surface area (Å²) in [4.78, 5) is 22.9. The van der Waals surface area contributed by atoms with Crippen molar-refractivity contribution in [2.24, 2.45) is 5.92 Å². The standard InChI is InChI=1S/C32H39NO4.C2H4O2.2H2O/c1-31(2,30(35)36)25-17-15-24(16-18-25)29(34)14-9-21-33-22-19-28(20-23-33)32(37,26-10-5-3-6-11-26)27-12-7-4-8-13-27;1-2(3)4;;/h3-8,10-13,15-18,28-29,34,37H,9,14,19-23H2,1-2H3,(H,35,36);1H3,(H,3,4);2*1H2. The molecule has 1 heterocycles. The average Bonchev–Trinajstić information content (AvgIpc) is 2.97. The van der Waals surface area contributed by atoms with Crippen LogP contribution >= 0.6 is 0 Å². The maximum Gasteiger partial charge on any atom is 0.313 e. The zero-order valence-corrected chi connectivity index (χ0v) is 25.2. The Labute approximate surface area is 254 Å². The Kier molecular flexibility index (Phi) is 14.7. The van der Waals surface area contributed by atoms with Gasteiger partial charge >= 0.3 is 5.97 Å². The van der Waals surface area contributed by atoms with E-state index >= 15 is 0 Å². The van der Waals surface area contributed by atoms with Crippen molar-refractivity contribution in [2.45, 2.75) is 63.6 Å². The number of aliphatic hydroxyl groups excluding tert-OH is 1. The van der Waals surface area contributed by atoms with E-state index in [0.29, 0.717) is 6.42 Å². The molecule has 0 saturated carbocycles. The molecule has 9 heteroatoms. The van der Waals surface area contributed by atoms with Gasteiger partial charge in [0.1, 0.15) is 5.60 Å². The zero-order valence-electron chi connectivity index (χ0n) is 25.2. The van der Waals surface area contributed by atoms with E-state index < -0.39 is 29.1 Å². The van der Waals surface area contributed by atoms with Gasteiger partial charge in [-0.3, -0.25) is 9.59 Å². The summed E-state index contributed by atoms with van der Waals surface area (Å²) < 4.78 is 0. The van der Waals surface area contributed by atoms with E-state index in [4.69, 9.17) is 9.90 Å². The molecule has 43 heavy (non-hydrogen) atoms. The second-order valence-corrected chi connectivity index (χ2v) is 11.3. The second kappa shape index (κ2) is 16.9. The molecule has 1 fully saturated rings. The number of hydrogen-bond acceptors (Lipinski definition) is 5. The van der Waals surface area contributed by atoms with Crippen molar-refractivity contribution in [1.29, 1.82) is 0 Å². The van der Waals surface area contributed by atoms with Crippen LogP contribution in [0, 0.1) is 5.92 Å². The minimum atomic E-state index is -1.01. The average molecular weight is 598 g/mol. The van der Waals surface area contributed by atoms with Crippen LogP contribution in [0.3, 0.4) is 0 Å². The summed E-state index contributed by atoms with van der Waals surface area (Å²) >= 11 is 0. The first-order valence-corrected chi connectivity index (χ1v) is 14.2. The molecule has 0 radical (unpaired) electrons. The van der Waals surface area contributed by atoms with Crippen LogP contribution in [0.25, 0.3) is 0 Å². The molecule has 0 aliphatic carbocycles. The van der Waals surface area contributed by atoms with Crippen LogP contribution in [0.15, 0.2) is 84.9 Å². The lowest BCUT2D eigenvalue weighted by atomic mass is 9.72. The monoisotopic (exact) mass is 597 g/mol. The van der Waals surface area contributed by atoms with E-state index in [9.17, 15) is 20.1 Å². The van der Waals surface area contributed by atoms with Crippen molar-refractivity contribution in [3.05, 3.63) is 107 Å². The van der Waals surface area contributed by atoms with E-state index in [1.807, 2.05) is 72.8 Å². The van der Waals surface area contributed by atoms with Gasteiger partial charge in [0.25, 0.3) is 5.97 Å². The summed E-state index contributed by atoms with van der Waals surface area (Å²) in [5, 5.41) is 39.6. The molecular formula is C34H47NO8. The highest BCUT2D eigenvalue weighted by Gasteiger charge is 2.41. The van der Waals surface area contributed by atoms with Gasteiger partial charge in [0.05, 0.1) is 11.5 Å². The van der Waals surface area contributed by atoms with Gasteiger partial charge in [-0.1, -0.05) is 84.9 Å². The molecule has 1 atom stereocenters. The first-order valence-electron chi connectivity index (χ1n) is 14.2. The summed E-state index contributed by atoms with van der Waals surface area (Å²) in [6.45, 7) is 7.20. The van der Waals surface area contributed by atoms with Crippen LogP contribution in [0.4, 0.5) is 0 Å². The van der Waals surface area contributed by atoms with E-state index in [-0.39, 0.29) is 16.9 Å². The van der Waals surface area contributed by atoms with Crippen molar-refractivity contribution in [3.8, 4) is 0 Å². The van der Waals surface area contributed by atoms with Crippen molar-refractivity contribution in [2.75, 3.05) is 19.6 Å². The minimum absolute atomic E-state index is 0. The topological polar surface area (TPSA) is 181 Å². The molecule has 4 rings (SSSR count). The molecule has 0 amide bonds. The van der Waals surface area contributed by atoms with Gasteiger partial charge in [-0.05, 0) is 87.3 Å². The largest absolute Gasteiger partial charge is 0.481 e. The highest BCUT2D eigenvalue weighted by atomic mass is 16.4. The molecule has 0 spiro atoms. The number of aliphatic hydroxyl groups is 2. The Morgan fingerprint density at radius 1 is 0.814 bits per heavy atom. The lowest BCUT2D eigenvalue weighted by Crippen LogP contribution is -2.44. The summed E-state index contributed by atoms with van der Waals surface area (Å²) in [5.74, 6) is -1.57. The Hall–Kier alpha value is -3.60. The molecule has 8 N–H and O–H groups in total. The molecule has 0 bridgehead atoms. The molecule has 0 aromatic heterocycles. The molecule has 1 unspecified atom stereocenters. The number of benzene rings is 3. The van der Waals surface area contributed by atoms with Crippen molar-refractivity contribution in [3.63, 3.8) is 0 Å². The van der Waals surface area contributed by atoms with Crippen LogP contribution in [0.2, 0.25) is 0 Å². The van der Waals surface area contributed by atoms with Crippen molar-refractivity contribution in [1.82, 2.24) is 4.90 Å². The quantitative estimate of drug-likeness (QED) is 0.273. The molecule has 9 nitrogen and oxygen atoms in total. The van der Waals surface area contributed by atoms with Crippen LogP contribution in [-0.4, -0.2) is 67.9 Å². The van der Waals surface area contributed by atoms with Gasteiger partial charge < -0.3 is 36.3 Å². The van der Waals surface area contributed by atoms with Gasteiger partial charge in [0.15, 0.2) is 0 Å². The first-order chi connectivity index (χ1) is 19.5. The van der Waals surface area contributed by atoms with E-state index in [1.54, 1.807) is 26.0 Å². The number of hydrogen-bond donors (Lipinski definition) is 4. The summed E-state index contributed by atoms with van der Waals surface area (Å²) in [5.41, 5.74) is 1.47. The van der Waals surface area contributed by atoms with Gasteiger partial charge in [0, 0.05) is 6.92 Å². The third-order valence-corrected chi connectivity index (χ3v) is 8.11. The van der Waals surface area contributed by atoms with Gasteiger partial charge in [0.2, 0.25) is 0 Å². The normalized spacial score (nSPS) is 14.7. The molecular weight excluding hydrogens is 550 g/mol. The Morgan fingerprint density at radius 3 is 1.67 bits per heavy atom. The highest BCUT2D eigenvalue weighted by molar-refractivity contribution is 5.80. The number of nitrogens with zero attached hydrogens (tertiary/aromatic N) is 1. The molecule has 3 aromatic rings. The lowest BCUT2D eigenvalue weighted by molar-refractivity contribution is -0.142. The number of rotatable bonds is 10. The number of aliphatic carboxylic acids is 2. The number of carboxylic acids is 2. The Morgan fingerprint density at radius 2 is 1.26 bits per heavy atom. The first kappa shape index (κ1) is 37.4. The predicted molar refractivity (Wildman–Crippen MR) is 167 cm³/mol. The smallest absolute Gasteiger partial charge is 0.313 e. The van der Waals surface area contributed by atoms with Crippen LogP contribution in [0.1, 0.15) is 74.8 Å². The highest BCUT2D eigenvalue weighted by Crippen LogP contribution is 2.42. The zero-order chi connectivity index (χ0) is 30.0. The van der Waals surface area contributed by atoms with Crippen molar-refractivity contribution >= 4 is 11.9 Å². The molecule has 1 aliphatic rings. The summed E-state index contributed by atoms with van der Waals surface area (Å²) in [6.07, 6.45) is 2.77. The SMILES string of the molecule is CC(=O)O.CC(C)(C(=O)O)c1ccc(C(O)CCCN2CCC(C(O)(c3ccccc3)c3ccccc3)CC2)cc1.O.O. The fourth-order valence-corrected chi connectivity index (χ4v) is 5.52. The van der Waals surface area contributed by atoms with Gasteiger partial charge in [-0.2, -0.15) is 0 Å². The third kappa shape index (κ3) is 9.71. The second-order valence-electron chi connectivity index (χ2n) is 11.3. The number of likely N-dealkylation sites (tertiary alicyclic amines) is 1. The Balaban J connectivity index is 0.00000145. The van der Waals surface area contributed by atoms with Crippen LogP contribution < -0.4 is 0 Å². The summed E-state index contributed by atoms with van der Waals surface area (Å²) in [7, 11) is 0. The number of carbonyl (C=O) groups is 2. The molecule has 1 aliphatic heterocycles. The fourth-order valence-electron chi connectivity index (χ4n) is 5.52. The fraction of sp³-hybridized carbons (Fsp3) is 0.412. The van der Waals surface area contributed by atoms with E-state index in [1.165, 1.54) is 0 Å². The molecule has 1 saturated heterocycles. The van der Waals surface area contributed by atoms with Crippen molar-refractivity contribution < 1.29 is 41.0 Å². The minimum Gasteiger partial charge on any atom is -0.481 e. The van der Waals surface area contributed by atoms with E-state index in [0.717, 1.165) is 68.1 Å². The Bertz CT molecular complexity index is 1200. The van der Waals surface area contributed by atoms with Crippen LogP contribution in [0.5, 0.6) is 0 Å². The van der Waals surface area contributed by atoms with Gasteiger partial charge in [-0.25, -0.2) is 0 Å². The third-order valence-electron chi connectivity index (χ3n) is 8.11. The number of piperidine rings is 1. The molecule has 236 valence electrons. The van der Waals surface area contributed by atoms with E-state index in [2.05, 4.69) is 4.90 Å².